The summed E-state index contributed by atoms with van der Waals surface area (Å²) in [6, 6.07) is 8.01. The summed E-state index contributed by atoms with van der Waals surface area (Å²) in [6.45, 7) is 7.06. The number of H-pyrrole nitrogens is 1. The van der Waals surface area contributed by atoms with E-state index in [1.807, 2.05) is 28.9 Å². The number of rotatable bonds is 9. The molecule has 1 amide bonds. The summed E-state index contributed by atoms with van der Waals surface area (Å²) in [7, 11) is 0. The number of thioether (sulfide) groups is 1. The molecule has 0 saturated carbocycles. The summed E-state index contributed by atoms with van der Waals surface area (Å²) in [5.74, 6) is 1.68. The highest BCUT2D eigenvalue weighted by Gasteiger charge is 2.31. The fraction of sp³-hybridized carbons (Fsp3) is 0.545. The standard InChI is InChI=1S/C22H31N3O3S/c1-4-6-7-13-28-17-11-9-16(10-12-17)20-19-21(23-18(26)14-29-20)25(24-22(19)27)15(3)8-5-2/h9-12,15,20H,4-8,13-14H2,1-3H3,(H,23,26)(H,24,27)/t15-,20+/m0/s1. The third kappa shape index (κ3) is 5.07. The van der Waals surface area contributed by atoms with Crippen LogP contribution < -0.4 is 15.6 Å². The van der Waals surface area contributed by atoms with Crippen LogP contribution >= 0.6 is 11.8 Å². The van der Waals surface area contributed by atoms with Gasteiger partial charge in [-0.25, -0.2) is 0 Å². The number of ether oxygens (including phenoxy) is 1. The fourth-order valence-electron chi connectivity index (χ4n) is 3.67. The van der Waals surface area contributed by atoms with E-state index in [1.54, 1.807) is 0 Å². The van der Waals surface area contributed by atoms with Gasteiger partial charge in [-0.05, 0) is 37.5 Å². The predicted molar refractivity (Wildman–Crippen MR) is 119 cm³/mol. The number of aromatic nitrogens is 2. The lowest BCUT2D eigenvalue weighted by atomic mass is 10.1. The third-order valence-electron chi connectivity index (χ3n) is 5.21. The largest absolute Gasteiger partial charge is 0.494 e. The molecule has 1 aliphatic rings. The number of hydrogen-bond acceptors (Lipinski definition) is 4. The molecule has 2 heterocycles. The maximum absolute atomic E-state index is 12.8. The van der Waals surface area contributed by atoms with Gasteiger partial charge >= 0.3 is 0 Å². The summed E-state index contributed by atoms with van der Waals surface area (Å²) in [5.41, 5.74) is 1.49. The molecule has 0 spiro atoms. The lowest BCUT2D eigenvalue weighted by Gasteiger charge is -2.17. The summed E-state index contributed by atoms with van der Waals surface area (Å²) < 4.78 is 7.63. The number of benzene rings is 1. The second-order valence-corrected chi connectivity index (χ2v) is 8.67. The lowest BCUT2D eigenvalue weighted by molar-refractivity contribution is -0.113. The third-order valence-corrected chi connectivity index (χ3v) is 6.48. The van der Waals surface area contributed by atoms with Crippen LogP contribution in [0.3, 0.4) is 0 Å². The summed E-state index contributed by atoms with van der Waals surface area (Å²) in [5, 5.41) is 5.70. The van der Waals surface area contributed by atoms with Crippen LogP contribution in [-0.4, -0.2) is 28.0 Å². The maximum atomic E-state index is 12.8. The molecule has 6 nitrogen and oxygen atoms in total. The lowest BCUT2D eigenvalue weighted by Crippen LogP contribution is -2.18. The molecule has 29 heavy (non-hydrogen) atoms. The molecule has 1 aromatic carbocycles. The van der Waals surface area contributed by atoms with Gasteiger partial charge in [-0.3, -0.25) is 19.4 Å². The van der Waals surface area contributed by atoms with Crippen LogP contribution in [0.4, 0.5) is 5.82 Å². The Hall–Kier alpha value is -2.15. The number of fused-ring (bicyclic) bond motifs is 1. The number of nitrogens with zero attached hydrogens (tertiary/aromatic N) is 1. The first-order valence-corrected chi connectivity index (χ1v) is 11.6. The number of amides is 1. The first kappa shape index (κ1) is 21.6. The van der Waals surface area contributed by atoms with Crippen molar-refractivity contribution in [2.75, 3.05) is 17.7 Å². The minimum atomic E-state index is -0.197. The second kappa shape index (κ2) is 10.1. The molecule has 0 bridgehead atoms. The SMILES string of the molecule is CCCCCOc1ccc([C@H]2SCC(=O)Nc3c2c(=O)[nH]n3[C@@H](C)CCC)cc1. The molecule has 2 atom stereocenters. The van der Waals surface area contributed by atoms with Crippen molar-refractivity contribution in [2.24, 2.45) is 0 Å². The Bertz CT molecular complexity index is 872. The summed E-state index contributed by atoms with van der Waals surface area (Å²) >= 11 is 1.48. The number of aromatic amines is 1. The van der Waals surface area contributed by atoms with Crippen molar-refractivity contribution >= 4 is 23.5 Å². The monoisotopic (exact) mass is 417 g/mol. The molecular formula is C22H31N3O3S. The normalized spacial score (nSPS) is 17.3. The zero-order valence-corrected chi connectivity index (χ0v) is 18.3. The highest BCUT2D eigenvalue weighted by molar-refractivity contribution is 8.00. The Kier molecular flexibility index (Phi) is 7.47. The molecule has 0 unspecified atom stereocenters. The van der Waals surface area contributed by atoms with Crippen LogP contribution in [0.25, 0.3) is 0 Å². The van der Waals surface area contributed by atoms with Crippen molar-refractivity contribution in [3.63, 3.8) is 0 Å². The minimum absolute atomic E-state index is 0.0777. The average Bonchev–Trinajstić information content (AvgIpc) is 2.92. The van der Waals surface area contributed by atoms with Crippen molar-refractivity contribution in [1.29, 1.82) is 0 Å². The van der Waals surface area contributed by atoms with Gasteiger partial charge in [0.2, 0.25) is 5.91 Å². The molecule has 1 aliphatic heterocycles. The van der Waals surface area contributed by atoms with Crippen molar-refractivity contribution in [3.8, 4) is 5.75 Å². The van der Waals surface area contributed by atoms with E-state index in [0.29, 0.717) is 23.7 Å². The Balaban J connectivity index is 1.87. The maximum Gasteiger partial charge on any atom is 0.270 e. The number of nitrogens with one attached hydrogen (secondary N) is 2. The van der Waals surface area contributed by atoms with Crippen molar-refractivity contribution in [3.05, 3.63) is 45.7 Å². The number of carbonyl (C=O) groups excluding carboxylic acids is 1. The highest BCUT2D eigenvalue weighted by Crippen LogP contribution is 2.40. The minimum Gasteiger partial charge on any atom is -0.494 e. The average molecular weight is 418 g/mol. The van der Waals surface area contributed by atoms with Gasteiger partial charge in [-0.2, -0.15) is 0 Å². The van der Waals surface area contributed by atoms with E-state index in [9.17, 15) is 9.59 Å². The van der Waals surface area contributed by atoms with Crippen LogP contribution in [-0.2, 0) is 4.79 Å². The highest BCUT2D eigenvalue weighted by atomic mass is 32.2. The second-order valence-electron chi connectivity index (χ2n) is 7.57. The smallest absolute Gasteiger partial charge is 0.270 e. The number of hydrogen-bond donors (Lipinski definition) is 2. The van der Waals surface area contributed by atoms with Gasteiger partial charge in [0.25, 0.3) is 5.56 Å². The van der Waals surface area contributed by atoms with Crippen molar-refractivity contribution in [1.82, 2.24) is 9.78 Å². The van der Waals surface area contributed by atoms with Gasteiger partial charge < -0.3 is 10.1 Å². The van der Waals surface area contributed by atoms with Crippen LogP contribution in [0.5, 0.6) is 5.75 Å². The first-order valence-electron chi connectivity index (χ1n) is 10.5. The Morgan fingerprint density at radius 1 is 1.17 bits per heavy atom. The Morgan fingerprint density at radius 2 is 1.93 bits per heavy atom. The Labute approximate surface area is 176 Å². The molecule has 2 N–H and O–H groups in total. The zero-order valence-electron chi connectivity index (χ0n) is 17.5. The van der Waals surface area contributed by atoms with Crippen molar-refractivity contribution < 1.29 is 9.53 Å². The van der Waals surface area contributed by atoms with E-state index in [2.05, 4.69) is 31.2 Å². The van der Waals surface area contributed by atoms with Crippen LogP contribution in [0.1, 0.15) is 75.3 Å². The Morgan fingerprint density at radius 3 is 2.62 bits per heavy atom. The van der Waals surface area contributed by atoms with Gasteiger partial charge in [0.05, 0.1) is 23.2 Å². The van der Waals surface area contributed by atoms with Gasteiger partial charge in [-0.15, -0.1) is 11.8 Å². The van der Waals surface area contributed by atoms with E-state index in [1.165, 1.54) is 18.2 Å². The quantitative estimate of drug-likeness (QED) is 0.570. The molecular weight excluding hydrogens is 386 g/mol. The molecule has 0 saturated heterocycles. The molecule has 0 fully saturated rings. The first-order chi connectivity index (χ1) is 14.0. The van der Waals surface area contributed by atoms with E-state index in [-0.39, 0.29) is 22.8 Å². The summed E-state index contributed by atoms with van der Waals surface area (Å²) in [6.07, 6.45) is 5.31. The molecule has 1 aromatic heterocycles. The molecule has 0 aliphatic carbocycles. The summed E-state index contributed by atoms with van der Waals surface area (Å²) in [4.78, 5) is 25.1. The molecule has 7 heteroatoms. The number of carbonyl (C=O) groups is 1. The molecule has 158 valence electrons. The van der Waals surface area contributed by atoms with Crippen LogP contribution in [0.15, 0.2) is 29.1 Å². The number of anilines is 1. The predicted octanol–water partition coefficient (Wildman–Crippen LogP) is 4.88. The van der Waals surface area contributed by atoms with Crippen LogP contribution in [0, 0.1) is 0 Å². The van der Waals surface area contributed by atoms with Gasteiger partial charge in [-0.1, -0.05) is 45.2 Å². The van der Waals surface area contributed by atoms with E-state index in [4.69, 9.17) is 4.74 Å². The number of unbranched alkanes of at least 4 members (excludes halogenated alkanes) is 2. The van der Waals surface area contributed by atoms with E-state index < -0.39 is 0 Å². The fourth-order valence-corrected chi connectivity index (χ4v) is 4.79. The topological polar surface area (TPSA) is 76.1 Å². The van der Waals surface area contributed by atoms with Crippen molar-refractivity contribution in [2.45, 2.75) is 64.2 Å². The van der Waals surface area contributed by atoms with E-state index in [0.717, 1.165) is 37.0 Å². The van der Waals surface area contributed by atoms with Gasteiger partial charge in [0.15, 0.2) is 0 Å². The zero-order chi connectivity index (χ0) is 20.8. The molecule has 3 rings (SSSR count). The van der Waals surface area contributed by atoms with E-state index >= 15 is 0 Å². The van der Waals surface area contributed by atoms with Gasteiger partial charge in [0, 0.05) is 6.04 Å². The molecule has 2 aromatic rings. The van der Waals surface area contributed by atoms with Gasteiger partial charge in [0.1, 0.15) is 11.6 Å². The molecule has 0 radical (unpaired) electrons. The van der Waals surface area contributed by atoms with Crippen LogP contribution in [0.2, 0.25) is 0 Å².